The van der Waals surface area contributed by atoms with Gasteiger partial charge in [0.05, 0.1) is 11.6 Å². The van der Waals surface area contributed by atoms with Crippen molar-refractivity contribution in [1.82, 2.24) is 9.97 Å². The Balaban J connectivity index is 0.000000617. The highest BCUT2D eigenvalue weighted by Crippen LogP contribution is 2.29. The summed E-state index contributed by atoms with van der Waals surface area (Å²) in [5, 5.41) is 2.69. The Morgan fingerprint density at radius 3 is 2.71 bits per heavy atom. The minimum Gasteiger partial charge on any atom is -0.309 e. The van der Waals surface area contributed by atoms with E-state index in [4.69, 9.17) is 0 Å². The molecular weight excluding hydrogens is 178 g/mol. The van der Waals surface area contributed by atoms with Gasteiger partial charge in [-0.25, -0.2) is 4.98 Å². The van der Waals surface area contributed by atoms with Gasteiger partial charge >= 0.3 is 0 Å². The number of fused-ring (bicyclic) bond motifs is 1. The van der Waals surface area contributed by atoms with Crippen LogP contribution in [0.5, 0.6) is 0 Å². The number of hydrogen-bond acceptors (Lipinski definition) is 3. The number of rotatable bonds is 1. The minimum absolute atomic E-state index is 0. The molecule has 1 amide bonds. The van der Waals surface area contributed by atoms with E-state index in [1.807, 2.05) is 20.8 Å². The van der Waals surface area contributed by atoms with Gasteiger partial charge in [0, 0.05) is 13.8 Å². The molecule has 2 rings (SSSR count). The Hall–Kier alpha value is -1.45. The van der Waals surface area contributed by atoms with E-state index in [2.05, 4.69) is 15.3 Å². The molecule has 2 heterocycles. The maximum absolute atomic E-state index is 11.3. The van der Waals surface area contributed by atoms with Gasteiger partial charge in [0.25, 0.3) is 0 Å². The zero-order valence-corrected chi connectivity index (χ0v) is 8.74. The van der Waals surface area contributed by atoms with Crippen LogP contribution in [0.15, 0.2) is 12.4 Å². The van der Waals surface area contributed by atoms with E-state index in [1.54, 1.807) is 12.4 Å². The van der Waals surface area contributed by atoms with Crippen LogP contribution in [0.1, 0.15) is 40.2 Å². The summed E-state index contributed by atoms with van der Waals surface area (Å²) in [4.78, 5) is 19.4. The summed E-state index contributed by atoms with van der Waals surface area (Å²) in [5.41, 5.74) is 0.782. The van der Waals surface area contributed by atoms with Crippen molar-refractivity contribution in [2.45, 2.75) is 33.1 Å². The second-order valence-electron chi connectivity index (χ2n) is 2.74. The van der Waals surface area contributed by atoms with Crippen LogP contribution in [0.3, 0.4) is 0 Å². The fraction of sp³-hybridized carbons (Fsp3) is 0.500. The summed E-state index contributed by atoms with van der Waals surface area (Å²) in [7, 11) is 0. The van der Waals surface area contributed by atoms with Crippen LogP contribution in [0.2, 0.25) is 0 Å². The molecule has 1 N–H and O–H groups in total. The van der Waals surface area contributed by atoms with Crippen molar-refractivity contribution >= 4 is 11.7 Å². The molecule has 1 aromatic heterocycles. The molecule has 1 atom stereocenters. The van der Waals surface area contributed by atoms with E-state index < -0.39 is 0 Å². The number of aromatic nitrogens is 2. The van der Waals surface area contributed by atoms with Crippen LogP contribution in [-0.4, -0.2) is 15.9 Å². The Bertz CT molecular complexity index is 330. The van der Waals surface area contributed by atoms with Gasteiger partial charge < -0.3 is 5.32 Å². The minimum atomic E-state index is -0.103. The van der Waals surface area contributed by atoms with Crippen LogP contribution in [0, 0.1) is 0 Å². The quantitative estimate of drug-likeness (QED) is 0.747. The molecule has 0 spiro atoms. The van der Waals surface area contributed by atoms with Crippen molar-refractivity contribution in [2.24, 2.45) is 0 Å². The Morgan fingerprint density at radius 1 is 1.43 bits per heavy atom. The van der Waals surface area contributed by atoms with Crippen LogP contribution >= 0.6 is 0 Å². The van der Waals surface area contributed by atoms with E-state index in [0.29, 0.717) is 5.82 Å². The topological polar surface area (TPSA) is 54.9 Å². The SMILES string of the molecule is CC.CCC1C(=O)Nc2nccnc21.[HH]. The van der Waals surface area contributed by atoms with Gasteiger partial charge in [0.2, 0.25) is 5.91 Å². The van der Waals surface area contributed by atoms with Crippen molar-refractivity contribution in [2.75, 3.05) is 5.32 Å². The number of nitrogens with zero attached hydrogens (tertiary/aromatic N) is 2. The van der Waals surface area contributed by atoms with E-state index in [1.165, 1.54) is 0 Å². The molecule has 0 aromatic carbocycles. The van der Waals surface area contributed by atoms with Gasteiger partial charge in [0.15, 0.2) is 5.82 Å². The summed E-state index contributed by atoms with van der Waals surface area (Å²) in [6, 6.07) is 0. The molecule has 0 radical (unpaired) electrons. The third kappa shape index (κ3) is 1.73. The average Bonchev–Trinajstić information content (AvgIpc) is 2.56. The largest absolute Gasteiger partial charge is 0.309 e. The van der Waals surface area contributed by atoms with E-state index in [9.17, 15) is 4.79 Å². The molecule has 0 saturated heterocycles. The zero-order chi connectivity index (χ0) is 10.6. The third-order valence-corrected chi connectivity index (χ3v) is 2.02. The molecule has 4 heteroatoms. The van der Waals surface area contributed by atoms with E-state index >= 15 is 0 Å². The lowest BCUT2D eigenvalue weighted by Gasteiger charge is -2.00. The highest BCUT2D eigenvalue weighted by molar-refractivity contribution is 6.00. The molecule has 0 aliphatic carbocycles. The van der Waals surface area contributed by atoms with Crippen molar-refractivity contribution in [3.8, 4) is 0 Å². The second kappa shape index (κ2) is 4.69. The highest BCUT2D eigenvalue weighted by atomic mass is 16.2. The predicted octanol–water partition coefficient (Wildman–Crippen LogP) is 2.19. The molecule has 1 aromatic rings. The first-order valence-electron chi connectivity index (χ1n) is 4.94. The number of carbonyl (C=O) groups is 1. The number of hydrogen-bond donors (Lipinski definition) is 1. The number of nitrogens with one attached hydrogen (secondary N) is 1. The van der Waals surface area contributed by atoms with Crippen molar-refractivity contribution < 1.29 is 6.22 Å². The lowest BCUT2D eigenvalue weighted by atomic mass is 10.1. The van der Waals surface area contributed by atoms with Crippen LogP contribution in [-0.2, 0) is 4.79 Å². The molecule has 1 aliphatic rings. The van der Waals surface area contributed by atoms with Crippen LogP contribution in [0.4, 0.5) is 5.82 Å². The fourth-order valence-corrected chi connectivity index (χ4v) is 1.41. The maximum atomic E-state index is 11.3. The Labute approximate surface area is 85.3 Å². The molecular formula is C10H17N3O. The van der Waals surface area contributed by atoms with Crippen LogP contribution < -0.4 is 5.32 Å². The van der Waals surface area contributed by atoms with Crippen molar-refractivity contribution in [3.05, 3.63) is 18.1 Å². The lowest BCUT2D eigenvalue weighted by Crippen LogP contribution is -2.11. The first-order chi connectivity index (χ1) is 6.83. The standard InChI is InChI=1S/C8H9N3O.C2H6.H2/c1-2-5-6-7(11-8(5)12)10-4-3-9-6;1-2;/h3-5H,2H2,1H3,(H,10,11,12);1-2H3;1H. The lowest BCUT2D eigenvalue weighted by molar-refractivity contribution is -0.117. The maximum Gasteiger partial charge on any atom is 0.234 e. The van der Waals surface area contributed by atoms with Gasteiger partial charge in [-0.05, 0) is 6.42 Å². The van der Waals surface area contributed by atoms with Gasteiger partial charge in [-0.1, -0.05) is 20.8 Å². The van der Waals surface area contributed by atoms with Gasteiger partial charge in [-0.3, -0.25) is 9.78 Å². The molecule has 1 aliphatic heterocycles. The normalized spacial score (nSPS) is 17.9. The first-order valence-corrected chi connectivity index (χ1v) is 4.94. The number of amides is 1. The summed E-state index contributed by atoms with van der Waals surface area (Å²) < 4.78 is 0. The predicted molar refractivity (Wildman–Crippen MR) is 57.2 cm³/mol. The Morgan fingerprint density at radius 2 is 2.07 bits per heavy atom. The molecule has 4 nitrogen and oxygen atoms in total. The van der Waals surface area contributed by atoms with Crippen molar-refractivity contribution in [3.63, 3.8) is 0 Å². The fourth-order valence-electron chi connectivity index (χ4n) is 1.41. The van der Waals surface area contributed by atoms with E-state index in [-0.39, 0.29) is 13.3 Å². The first kappa shape index (κ1) is 10.6. The van der Waals surface area contributed by atoms with Crippen LogP contribution in [0.25, 0.3) is 0 Å². The molecule has 0 bridgehead atoms. The van der Waals surface area contributed by atoms with Crippen molar-refractivity contribution in [1.29, 1.82) is 0 Å². The van der Waals surface area contributed by atoms with Gasteiger partial charge in [0.1, 0.15) is 0 Å². The second-order valence-corrected chi connectivity index (χ2v) is 2.74. The van der Waals surface area contributed by atoms with Gasteiger partial charge in [-0.2, -0.15) is 0 Å². The molecule has 1 unspecified atom stereocenters. The monoisotopic (exact) mass is 195 g/mol. The highest BCUT2D eigenvalue weighted by Gasteiger charge is 2.30. The molecule has 14 heavy (non-hydrogen) atoms. The van der Waals surface area contributed by atoms with E-state index in [0.717, 1.165) is 12.1 Å². The summed E-state index contributed by atoms with van der Waals surface area (Å²) in [6.07, 6.45) is 3.97. The molecule has 78 valence electrons. The summed E-state index contributed by atoms with van der Waals surface area (Å²) in [5.74, 6) is 0.529. The number of anilines is 1. The summed E-state index contributed by atoms with van der Waals surface area (Å²) in [6.45, 7) is 5.97. The third-order valence-electron chi connectivity index (χ3n) is 2.02. The molecule has 0 saturated carbocycles. The number of carbonyl (C=O) groups excluding carboxylic acids is 1. The average molecular weight is 195 g/mol. The smallest absolute Gasteiger partial charge is 0.234 e. The molecule has 0 fully saturated rings. The summed E-state index contributed by atoms with van der Waals surface area (Å²) >= 11 is 0. The Kier molecular flexibility index (Phi) is 3.56. The zero-order valence-electron chi connectivity index (χ0n) is 8.74. The van der Waals surface area contributed by atoms with Gasteiger partial charge in [-0.15, -0.1) is 0 Å².